The molecule has 4 unspecified atom stereocenters. The smallest absolute Gasteiger partial charge is 0.306 e. The first-order chi connectivity index (χ1) is 32.0. The largest absolute Gasteiger partial charge is 0.462 e. The summed E-state index contributed by atoms with van der Waals surface area (Å²) in [6.07, 6.45) is 23.2. The highest BCUT2D eigenvalue weighted by Gasteiger charge is 2.47. The summed E-state index contributed by atoms with van der Waals surface area (Å²) < 4.78 is 33.5. The Kier molecular flexibility index (Phi) is 35.0. The Morgan fingerprint density at radius 2 is 0.924 bits per heavy atom. The molecular formula is C51H90O15. The van der Waals surface area contributed by atoms with E-state index >= 15 is 0 Å². The Hall–Kier alpha value is -2.28. The first-order valence-corrected chi connectivity index (χ1v) is 25.6. The predicted molar refractivity (Wildman–Crippen MR) is 252 cm³/mol. The van der Waals surface area contributed by atoms with E-state index in [0.29, 0.717) is 19.3 Å². The normalized spacial score (nSPS) is 26.4. The molecule has 11 atom stereocenters. The summed E-state index contributed by atoms with van der Waals surface area (Å²) in [5.74, 6) is -0.982. The molecule has 2 fully saturated rings. The van der Waals surface area contributed by atoms with E-state index in [9.17, 15) is 45.3 Å². The van der Waals surface area contributed by atoms with Gasteiger partial charge in [0.15, 0.2) is 18.7 Å². The molecule has 15 nitrogen and oxygen atoms in total. The van der Waals surface area contributed by atoms with Crippen LogP contribution in [0.1, 0.15) is 181 Å². The van der Waals surface area contributed by atoms with Crippen LogP contribution in [0.15, 0.2) is 36.5 Å². The van der Waals surface area contributed by atoms with Crippen molar-refractivity contribution in [2.24, 2.45) is 0 Å². The van der Waals surface area contributed by atoms with Crippen LogP contribution < -0.4 is 0 Å². The second-order valence-electron chi connectivity index (χ2n) is 18.0. The summed E-state index contributed by atoms with van der Waals surface area (Å²) in [7, 11) is 0. The van der Waals surface area contributed by atoms with Crippen LogP contribution in [-0.4, -0.2) is 142 Å². The SMILES string of the molecule is CCCCCCCC/C=C/C/C=C/C/C=C/CCCC(=O)O[C@H](COC(=O)CCCCCCCCCCCCCCC)CO[C@H]1O[C@@H](CO[C@H]2O[C@@H](CO)[C@@H](O)C(O)C2O)[C@@H](O)C(O)C1O. The zero-order valence-electron chi connectivity index (χ0n) is 40.4. The van der Waals surface area contributed by atoms with E-state index in [2.05, 4.69) is 44.2 Å². The first kappa shape index (κ1) is 59.8. The van der Waals surface area contributed by atoms with Gasteiger partial charge in [-0.2, -0.15) is 0 Å². The Balaban J connectivity index is 1.84. The number of unbranched alkanes of at least 4 members (excludes halogenated alkanes) is 19. The van der Waals surface area contributed by atoms with Gasteiger partial charge >= 0.3 is 11.9 Å². The van der Waals surface area contributed by atoms with Gasteiger partial charge in [0.25, 0.3) is 0 Å². The van der Waals surface area contributed by atoms with Crippen LogP contribution in [0.2, 0.25) is 0 Å². The van der Waals surface area contributed by atoms with Crippen molar-refractivity contribution < 1.29 is 73.8 Å². The molecular weight excluding hydrogens is 853 g/mol. The molecule has 7 N–H and O–H groups in total. The molecule has 0 bridgehead atoms. The number of aliphatic hydroxyl groups excluding tert-OH is 7. The zero-order chi connectivity index (χ0) is 48.2. The van der Waals surface area contributed by atoms with Crippen LogP contribution >= 0.6 is 0 Å². The minimum Gasteiger partial charge on any atom is -0.462 e. The fourth-order valence-corrected chi connectivity index (χ4v) is 7.88. The maximum atomic E-state index is 13.0. The van der Waals surface area contributed by atoms with Crippen LogP contribution in [0.4, 0.5) is 0 Å². The Bertz CT molecular complexity index is 1290. The standard InChI is InChI=1S/C51H90O15/c1-3-5-7-9-11-13-15-17-18-19-20-22-24-26-28-30-32-34-43(54)64-39(36-61-42(53)33-31-29-27-25-23-21-16-14-12-10-8-6-4-2)37-62-50-49(60)47(58)45(56)41(66-50)38-63-51-48(59)46(57)44(55)40(35-52)65-51/h17-18,20,22,26,28,39-41,44-52,55-60H,3-16,19,21,23-25,27,29-38H2,1-2H3/b18-17+,22-20+,28-26+/t39-,40+,41+,44-,45-,46?,47?,48?,49?,50+,51+/m1/s1. The molecule has 0 radical (unpaired) electrons. The number of esters is 2. The summed E-state index contributed by atoms with van der Waals surface area (Å²) in [6, 6.07) is 0. The van der Waals surface area contributed by atoms with Crippen molar-refractivity contribution >= 4 is 11.9 Å². The monoisotopic (exact) mass is 943 g/mol. The summed E-state index contributed by atoms with van der Waals surface area (Å²) in [6.45, 7) is 2.53. The average molecular weight is 943 g/mol. The average Bonchev–Trinajstić information content (AvgIpc) is 3.31. The summed E-state index contributed by atoms with van der Waals surface area (Å²) in [5, 5.41) is 72.0. The van der Waals surface area contributed by atoms with Crippen molar-refractivity contribution in [2.75, 3.05) is 26.4 Å². The van der Waals surface area contributed by atoms with Crippen LogP contribution in [0.5, 0.6) is 0 Å². The predicted octanol–water partition coefficient (Wildman–Crippen LogP) is 6.93. The molecule has 15 heteroatoms. The lowest BCUT2D eigenvalue weighted by atomic mass is 9.98. The highest BCUT2D eigenvalue weighted by atomic mass is 16.7. The molecule has 0 saturated carbocycles. The fourth-order valence-electron chi connectivity index (χ4n) is 7.88. The van der Waals surface area contributed by atoms with E-state index in [0.717, 1.165) is 38.5 Å². The molecule has 0 aromatic rings. The van der Waals surface area contributed by atoms with E-state index in [-0.39, 0.29) is 19.4 Å². The van der Waals surface area contributed by atoms with Gasteiger partial charge in [-0.05, 0) is 44.9 Å². The summed E-state index contributed by atoms with van der Waals surface area (Å²) >= 11 is 0. The number of ether oxygens (including phenoxy) is 6. The van der Waals surface area contributed by atoms with Gasteiger partial charge in [-0.1, -0.05) is 159 Å². The molecule has 2 aliphatic rings. The molecule has 0 aromatic carbocycles. The summed E-state index contributed by atoms with van der Waals surface area (Å²) in [4.78, 5) is 25.7. The quantitative estimate of drug-likeness (QED) is 0.0188. The van der Waals surface area contributed by atoms with Gasteiger partial charge in [0, 0.05) is 12.8 Å². The highest BCUT2D eigenvalue weighted by molar-refractivity contribution is 5.70. The van der Waals surface area contributed by atoms with Gasteiger partial charge < -0.3 is 64.2 Å². The van der Waals surface area contributed by atoms with Crippen LogP contribution in [0.25, 0.3) is 0 Å². The number of carbonyl (C=O) groups is 2. The molecule has 0 amide bonds. The molecule has 0 spiro atoms. The van der Waals surface area contributed by atoms with Crippen LogP contribution in [0.3, 0.4) is 0 Å². The number of hydrogen-bond acceptors (Lipinski definition) is 15. The number of rotatable bonds is 39. The first-order valence-electron chi connectivity index (χ1n) is 25.6. The Morgan fingerprint density at radius 1 is 0.485 bits per heavy atom. The van der Waals surface area contributed by atoms with E-state index in [4.69, 9.17) is 28.4 Å². The van der Waals surface area contributed by atoms with E-state index in [1.807, 2.05) is 6.08 Å². The van der Waals surface area contributed by atoms with Crippen molar-refractivity contribution in [1.82, 2.24) is 0 Å². The van der Waals surface area contributed by atoms with Gasteiger partial charge in [0.05, 0.1) is 19.8 Å². The lowest BCUT2D eigenvalue weighted by Gasteiger charge is -2.42. The van der Waals surface area contributed by atoms with E-state index < -0.39 is 99.3 Å². The molecule has 2 heterocycles. The number of hydrogen-bond donors (Lipinski definition) is 7. The maximum Gasteiger partial charge on any atom is 0.306 e. The minimum absolute atomic E-state index is 0.0950. The Labute approximate surface area is 395 Å². The van der Waals surface area contributed by atoms with Crippen molar-refractivity contribution in [3.8, 4) is 0 Å². The summed E-state index contributed by atoms with van der Waals surface area (Å²) in [5.41, 5.74) is 0. The molecule has 66 heavy (non-hydrogen) atoms. The van der Waals surface area contributed by atoms with Crippen molar-refractivity contribution in [3.05, 3.63) is 36.5 Å². The van der Waals surface area contributed by atoms with E-state index in [1.165, 1.54) is 96.3 Å². The van der Waals surface area contributed by atoms with Crippen LogP contribution in [-0.2, 0) is 38.0 Å². The minimum atomic E-state index is -1.77. The zero-order valence-corrected chi connectivity index (χ0v) is 40.4. The molecule has 384 valence electrons. The molecule has 0 aromatic heterocycles. The van der Waals surface area contributed by atoms with Crippen molar-refractivity contribution in [3.63, 3.8) is 0 Å². The van der Waals surface area contributed by atoms with Crippen molar-refractivity contribution in [2.45, 2.75) is 248 Å². The lowest BCUT2D eigenvalue weighted by molar-refractivity contribution is -0.332. The number of carbonyl (C=O) groups excluding carboxylic acids is 2. The fraction of sp³-hybridized carbons (Fsp3) is 0.843. The number of aliphatic hydroxyl groups is 7. The number of allylic oxidation sites excluding steroid dienone is 6. The third kappa shape index (κ3) is 26.5. The highest BCUT2D eigenvalue weighted by Crippen LogP contribution is 2.26. The molecule has 2 aliphatic heterocycles. The third-order valence-corrected chi connectivity index (χ3v) is 12.1. The lowest BCUT2D eigenvalue weighted by Crippen LogP contribution is -2.61. The van der Waals surface area contributed by atoms with Gasteiger partial charge in [0.1, 0.15) is 55.4 Å². The Morgan fingerprint density at radius 3 is 1.47 bits per heavy atom. The maximum absolute atomic E-state index is 13.0. The van der Waals surface area contributed by atoms with Crippen LogP contribution in [0, 0.1) is 0 Å². The van der Waals surface area contributed by atoms with Gasteiger partial charge in [-0.3, -0.25) is 9.59 Å². The topological polar surface area (TPSA) is 231 Å². The second kappa shape index (κ2) is 38.6. The van der Waals surface area contributed by atoms with E-state index in [1.54, 1.807) is 0 Å². The van der Waals surface area contributed by atoms with Gasteiger partial charge in [0.2, 0.25) is 0 Å². The second-order valence-corrected chi connectivity index (χ2v) is 18.0. The third-order valence-electron chi connectivity index (χ3n) is 12.1. The molecule has 0 aliphatic carbocycles. The van der Waals surface area contributed by atoms with Gasteiger partial charge in [-0.25, -0.2) is 0 Å². The molecule has 2 rings (SSSR count). The van der Waals surface area contributed by atoms with Crippen molar-refractivity contribution in [1.29, 1.82) is 0 Å². The molecule has 2 saturated heterocycles. The van der Waals surface area contributed by atoms with Gasteiger partial charge in [-0.15, -0.1) is 0 Å².